The Morgan fingerprint density at radius 1 is 1.06 bits per heavy atom. The van der Waals surface area contributed by atoms with Crippen molar-refractivity contribution in [2.45, 2.75) is 19.0 Å². The van der Waals surface area contributed by atoms with Gasteiger partial charge in [0, 0.05) is 12.0 Å². The second kappa shape index (κ2) is 9.44. The first-order chi connectivity index (χ1) is 16.7. The van der Waals surface area contributed by atoms with E-state index in [9.17, 15) is 4.79 Å². The minimum atomic E-state index is -0.290. The largest absolute Gasteiger partial charge is 0.493 e. The van der Waals surface area contributed by atoms with Gasteiger partial charge >= 0.3 is 0 Å². The molecule has 1 amide bonds. The molecule has 10 heteroatoms. The first-order valence-electron chi connectivity index (χ1n) is 10.6. The summed E-state index contributed by atoms with van der Waals surface area (Å²) < 4.78 is 10.8. The van der Waals surface area contributed by atoms with Crippen LogP contribution in [0.3, 0.4) is 0 Å². The molecule has 0 aliphatic carbocycles. The van der Waals surface area contributed by atoms with Crippen molar-refractivity contribution in [1.82, 2.24) is 25.2 Å². The number of carbonyl (C=O) groups is 1. The van der Waals surface area contributed by atoms with E-state index in [0.29, 0.717) is 23.7 Å². The standard InChI is InChI=1S/C24H22N6O3S/c1-32-20-11-10-17(13-21(20)33-2)19-14-18(22-9-6-12-34-22)26-30(19)23(31)15-29-27-24(25-28-29)16-7-4-3-5-8-16/h3-13,19H,14-15H2,1-2H3. The zero-order chi connectivity index (χ0) is 23.5. The molecule has 4 aromatic rings. The van der Waals surface area contributed by atoms with Crippen LogP contribution in [0.5, 0.6) is 11.5 Å². The van der Waals surface area contributed by atoms with Crippen molar-refractivity contribution in [3.63, 3.8) is 0 Å². The molecule has 0 saturated carbocycles. The van der Waals surface area contributed by atoms with Gasteiger partial charge in [0.2, 0.25) is 5.82 Å². The monoisotopic (exact) mass is 474 g/mol. The zero-order valence-electron chi connectivity index (χ0n) is 18.7. The molecular weight excluding hydrogens is 452 g/mol. The Morgan fingerprint density at radius 3 is 2.62 bits per heavy atom. The topological polar surface area (TPSA) is 94.7 Å². The van der Waals surface area contributed by atoms with E-state index in [1.807, 2.05) is 66.0 Å². The summed E-state index contributed by atoms with van der Waals surface area (Å²) in [7, 11) is 3.18. The Morgan fingerprint density at radius 2 is 1.88 bits per heavy atom. The molecule has 0 bridgehead atoms. The van der Waals surface area contributed by atoms with Gasteiger partial charge in [-0.1, -0.05) is 42.5 Å². The van der Waals surface area contributed by atoms with Gasteiger partial charge in [-0.2, -0.15) is 9.90 Å². The van der Waals surface area contributed by atoms with Gasteiger partial charge in [-0.15, -0.1) is 21.5 Å². The smallest absolute Gasteiger partial charge is 0.266 e. The third kappa shape index (κ3) is 4.27. The third-order valence-electron chi connectivity index (χ3n) is 5.53. The average Bonchev–Trinajstić information content (AvgIpc) is 3.65. The van der Waals surface area contributed by atoms with Crippen LogP contribution in [0, 0.1) is 0 Å². The molecule has 2 aromatic heterocycles. The van der Waals surface area contributed by atoms with Gasteiger partial charge in [0.1, 0.15) is 6.54 Å². The fourth-order valence-electron chi connectivity index (χ4n) is 3.86. The van der Waals surface area contributed by atoms with Gasteiger partial charge in [0.15, 0.2) is 11.5 Å². The van der Waals surface area contributed by atoms with E-state index in [0.717, 1.165) is 21.7 Å². The molecule has 1 aliphatic rings. The number of carbonyl (C=O) groups excluding carboxylic acids is 1. The van der Waals surface area contributed by atoms with Gasteiger partial charge in [-0.25, -0.2) is 5.01 Å². The number of benzene rings is 2. The molecule has 5 rings (SSSR count). The number of hydrogen-bond donors (Lipinski definition) is 0. The van der Waals surface area contributed by atoms with Crippen molar-refractivity contribution in [1.29, 1.82) is 0 Å². The van der Waals surface area contributed by atoms with Crippen molar-refractivity contribution in [2.75, 3.05) is 14.2 Å². The molecular formula is C24H22N6O3S. The lowest BCUT2D eigenvalue weighted by molar-refractivity contribution is -0.134. The summed E-state index contributed by atoms with van der Waals surface area (Å²) in [6.07, 6.45) is 0.585. The molecule has 9 nitrogen and oxygen atoms in total. The summed E-state index contributed by atoms with van der Waals surface area (Å²) in [6, 6.07) is 18.9. The Kier molecular flexibility index (Phi) is 6.05. The van der Waals surface area contributed by atoms with Crippen molar-refractivity contribution < 1.29 is 14.3 Å². The summed E-state index contributed by atoms with van der Waals surface area (Å²) in [4.78, 5) is 15.7. The maximum atomic E-state index is 13.4. The number of rotatable bonds is 7. The summed E-state index contributed by atoms with van der Waals surface area (Å²) >= 11 is 1.60. The highest BCUT2D eigenvalue weighted by Crippen LogP contribution is 2.38. The fourth-order valence-corrected chi connectivity index (χ4v) is 4.58. The average molecular weight is 475 g/mol. The molecule has 1 aliphatic heterocycles. The molecule has 0 spiro atoms. The van der Waals surface area contributed by atoms with E-state index in [1.54, 1.807) is 25.6 Å². The van der Waals surface area contributed by atoms with E-state index in [2.05, 4.69) is 15.4 Å². The maximum Gasteiger partial charge on any atom is 0.266 e. The normalized spacial score (nSPS) is 15.3. The number of tetrazole rings is 1. The van der Waals surface area contributed by atoms with Gasteiger partial charge < -0.3 is 9.47 Å². The van der Waals surface area contributed by atoms with E-state index in [-0.39, 0.29) is 18.5 Å². The lowest BCUT2D eigenvalue weighted by Crippen LogP contribution is -2.31. The van der Waals surface area contributed by atoms with Crippen molar-refractivity contribution in [2.24, 2.45) is 5.10 Å². The number of aromatic nitrogens is 4. The molecule has 3 heterocycles. The van der Waals surface area contributed by atoms with Crippen molar-refractivity contribution in [3.8, 4) is 22.9 Å². The van der Waals surface area contributed by atoms with Gasteiger partial charge in [-0.05, 0) is 34.4 Å². The minimum absolute atomic E-state index is 0.0785. The van der Waals surface area contributed by atoms with E-state index in [1.165, 1.54) is 9.81 Å². The van der Waals surface area contributed by atoms with Crippen LogP contribution >= 0.6 is 11.3 Å². The fraction of sp³-hybridized carbons (Fsp3) is 0.208. The Labute approximate surface area is 200 Å². The first kappa shape index (κ1) is 21.8. The molecule has 1 atom stereocenters. The lowest BCUT2D eigenvalue weighted by atomic mass is 10.0. The van der Waals surface area contributed by atoms with Crippen LogP contribution in [-0.4, -0.2) is 51.1 Å². The zero-order valence-corrected chi connectivity index (χ0v) is 19.5. The highest BCUT2D eigenvalue weighted by molar-refractivity contribution is 7.12. The van der Waals surface area contributed by atoms with E-state index >= 15 is 0 Å². The summed E-state index contributed by atoms with van der Waals surface area (Å²) in [5.74, 6) is 1.46. The number of amides is 1. The number of nitrogens with zero attached hydrogens (tertiary/aromatic N) is 6. The number of methoxy groups -OCH3 is 2. The quantitative estimate of drug-likeness (QED) is 0.404. The third-order valence-corrected chi connectivity index (χ3v) is 6.44. The summed E-state index contributed by atoms with van der Waals surface area (Å²) in [5.41, 5.74) is 2.60. The summed E-state index contributed by atoms with van der Waals surface area (Å²) in [5, 5.41) is 20.7. The van der Waals surface area contributed by atoms with Crippen LogP contribution in [0.1, 0.15) is 22.9 Å². The van der Waals surface area contributed by atoms with Crippen LogP contribution in [0.25, 0.3) is 11.4 Å². The molecule has 1 unspecified atom stereocenters. The SMILES string of the molecule is COc1ccc(C2CC(c3cccs3)=NN2C(=O)Cn2nnc(-c3ccccc3)n2)cc1OC. The Bertz CT molecular complexity index is 1320. The van der Waals surface area contributed by atoms with Gasteiger partial charge in [0.25, 0.3) is 5.91 Å². The number of thiophene rings is 1. The molecule has 172 valence electrons. The molecule has 0 N–H and O–H groups in total. The maximum absolute atomic E-state index is 13.4. The van der Waals surface area contributed by atoms with E-state index in [4.69, 9.17) is 14.6 Å². The highest BCUT2D eigenvalue weighted by Gasteiger charge is 2.34. The predicted molar refractivity (Wildman–Crippen MR) is 128 cm³/mol. The van der Waals surface area contributed by atoms with E-state index < -0.39 is 0 Å². The van der Waals surface area contributed by atoms with Crippen molar-refractivity contribution >= 4 is 23.0 Å². The Balaban J connectivity index is 1.43. The van der Waals surface area contributed by atoms with Crippen LogP contribution in [0.15, 0.2) is 71.1 Å². The number of hydrazone groups is 1. The lowest BCUT2D eigenvalue weighted by Gasteiger charge is -2.22. The molecule has 0 saturated heterocycles. The first-order valence-corrected chi connectivity index (χ1v) is 11.5. The molecule has 0 fully saturated rings. The molecule has 34 heavy (non-hydrogen) atoms. The second-order valence-corrected chi connectivity index (χ2v) is 8.55. The van der Waals surface area contributed by atoms with Crippen LogP contribution in [0.4, 0.5) is 0 Å². The number of hydrogen-bond acceptors (Lipinski definition) is 8. The Hall–Kier alpha value is -4.05. The highest BCUT2D eigenvalue weighted by atomic mass is 32.1. The molecule has 0 radical (unpaired) electrons. The predicted octanol–water partition coefficient (Wildman–Crippen LogP) is 3.80. The van der Waals surface area contributed by atoms with Crippen LogP contribution in [0.2, 0.25) is 0 Å². The van der Waals surface area contributed by atoms with Gasteiger partial charge in [0.05, 0.1) is 30.9 Å². The van der Waals surface area contributed by atoms with Gasteiger partial charge in [-0.3, -0.25) is 4.79 Å². The van der Waals surface area contributed by atoms with Crippen LogP contribution in [-0.2, 0) is 11.3 Å². The minimum Gasteiger partial charge on any atom is -0.493 e. The molecule has 2 aromatic carbocycles. The van der Waals surface area contributed by atoms with Crippen molar-refractivity contribution in [3.05, 3.63) is 76.5 Å². The number of ether oxygens (including phenoxy) is 2. The second-order valence-electron chi connectivity index (χ2n) is 7.61. The summed E-state index contributed by atoms with van der Waals surface area (Å²) in [6.45, 7) is -0.0785. The van der Waals surface area contributed by atoms with Crippen LogP contribution < -0.4 is 9.47 Å².